The molecular formula is C29H33FN4O5. The van der Waals surface area contributed by atoms with Gasteiger partial charge >= 0.3 is 5.76 Å². The van der Waals surface area contributed by atoms with Crippen LogP contribution in [0.3, 0.4) is 0 Å². The van der Waals surface area contributed by atoms with Crippen LogP contribution < -0.4 is 16.4 Å². The lowest BCUT2D eigenvalue weighted by Gasteiger charge is -2.32. The Kier molecular flexibility index (Phi) is 9.06. The van der Waals surface area contributed by atoms with E-state index in [1.165, 1.54) is 24.3 Å². The van der Waals surface area contributed by atoms with E-state index in [0.717, 1.165) is 17.4 Å². The number of nitrogens with zero attached hydrogens (tertiary/aromatic N) is 2. The van der Waals surface area contributed by atoms with Gasteiger partial charge in [-0.1, -0.05) is 50.0 Å². The molecule has 39 heavy (non-hydrogen) atoms. The lowest BCUT2D eigenvalue weighted by Crippen LogP contribution is -2.52. The fourth-order valence-corrected chi connectivity index (χ4v) is 4.96. The topological polar surface area (TPSA) is 123 Å². The Labute approximate surface area is 225 Å². The number of hydrogen-bond donors (Lipinski definition) is 2. The van der Waals surface area contributed by atoms with Gasteiger partial charge in [-0.3, -0.25) is 18.9 Å². The number of hydrogen-bond acceptors (Lipinski definition) is 6. The number of carbonyl (C=O) groups excluding carboxylic acids is 3. The highest BCUT2D eigenvalue weighted by molar-refractivity contribution is 5.95. The summed E-state index contributed by atoms with van der Waals surface area (Å²) < 4.78 is 19.2. The lowest BCUT2D eigenvalue weighted by atomic mass is 9.83. The Morgan fingerprint density at radius 2 is 1.74 bits per heavy atom. The first-order chi connectivity index (χ1) is 18.7. The maximum Gasteiger partial charge on any atom is 0.442 e. The molecule has 3 atom stereocenters. The third-order valence-corrected chi connectivity index (χ3v) is 6.97. The number of halogens is 1. The average molecular weight is 537 g/mol. The van der Waals surface area contributed by atoms with Crippen LogP contribution in [0.15, 0.2) is 63.9 Å². The predicted octanol–water partition coefficient (Wildman–Crippen LogP) is 3.73. The maximum absolute atomic E-state index is 13.5. The molecule has 1 aliphatic carbocycles. The molecule has 0 spiro atoms. The van der Waals surface area contributed by atoms with Crippen molar-refractivity contribution >= 4 is 17.6 Å². The van der Waals surface area contributed by atoms with Gasteiger partial charge in [-0.15, -0.1) is 0 Å². The highest BCUT2D eigenvalue weighted by Gasteiger charge is 2.34. The molecular weight excluding hydrogens is 503 g/mol. The highest BCUT2D eigenvalue weighted by atomic mass is 19.1. The first-order valence-electron chi connectivity index (χ1n) is 13.2. The molecule has 1 fully saturated rings. The molecule has 0 saturated heterocycles. The fraction of sp³-hybridized carbons (Fsp3) is 0.414. The van der Waals surface area contributed by atoms with Crippen molar-refractivity contribution in [1.82, 2.24) is 20.4 Å². The molecule has 1 saturated carbocycles. The summed E-state index contributed by atoms with van der Waals surface area (Å²) in [6, 6.07) is 12.9. The second kappa shape index (κ2) is 12.6. The normalized spacial score (nSPS) is 17.9. The summed E-state index contributed by atoms with van der Waals surface area (Å²) >= 11 is 0. The lowest BCUT2D eigenvalue weighted by molar-refractivity contribution is -0.132. The highest BCUT2D eigenvalue weighted by Crippen LogP contribution is 2.26. The first-order valence-corrected chi connectivity index (χ1v) is 13.2. The Bertz CT molecular complexity index is 1350. The molecule has 2 N–H and O–H groups in total. The van der Waals surface area contributed by atoms with Crippen LogP contribution in [0.2, 0.25) is 0 Å². The van der Waals surface area contributed by atoms with Crippen LogP contribution in [0.1, 0.15) is 56.3 Å². The third kappa shape index (κ3) is 7.07. The SMILES string of the molecule is CC(C)C[C@H](NC(=O)[C@@H]1CCCC[C@@H]1NC(=O)c1ccccc1)C(=O)Cn1c(-c2ccc(F)cc2)noc1=O. The van der Waals surface area contributed by atoms with Crippen molar-refractivity contribution in [2.75, 3.05) is 0 Å². The van der Waals surface area contributed by atoms with Gasteiger partial charge in [-0.25, -0.2) is 13.8 Å². The van der Waals surface area contributed by atoms with Crippen molar-refractivity contribution in [3.05, 3.63) is 76.5 Å². The molecule has 10 heteroatoms. The number of rotatable bonds is 10. The summed E-state index contributed by atoms with van der Waals surface area (Å²) in [6.07, 6.45) is 3.35. The van der Waals surface area contributed by atoms with Crippen LogP contribution in [0.4, 0.5) is 4.39 Å². The molecule has 2 aromatic carbocycles. The van der Waals surface area contributed by atoms with E-state index < -0.39 is 23.5 Å². The molecule has 206 valence electrons. The van der Waals surface area contributed by atoms with E-state index in [0.29, 0.717) is 30.4 Å². The molecule has 4 rings (SSSR count). The molecule has 0 bridgehead atoms. The van der Waals surface area contributed by atoms with Gasteiger partial charge in [0.25, 0.3) is 5.91 Å². The van der Waals surface area contributed by atoms with E-state index in [1.54, 1.807) is 24.3 Å². The minimum absolute atomic E-state index is 0.0787. The van der Waals surface area contributed by atoms with Crippen molar-refractivity contribution in [2.24, 2.45) is 11.8 Å². The molecule has 3 aromatic rings. The largest absolute Gasteiger partial charge is 0.442 e. The van der Waals surface area contributed by atoms with Crippen molar-refractivity contribution in [3.8, 4) is 11.4 Å². The molecule has 0 unspecified atom stereocenters. The van der Waals surface area contributed by atoms with E-state index in [9.17, 15) is 23.6 Å². The second-order valence-electron chi connectivity index (χ2n) is 10.4. The standard InChI is InChI=1S/C29H33FN4O5/c1-18(2)16-24(25(35)17-34-26(33-39-29(34)38)19-12-14-21(30)15-13-19)32-28(37)22-10-6-7-11-23(22)31-27(36)20-8-4-3-5-9-20/h3-5,8-9,12-15,18,22-24H,6-7,10-11,16-17H2,1-2H3,(H,31,36)(H,32,37)/t22-,23+,24+/m1/s1. The van der Waals surface area contributed by atoms with Gasteiger partial charge in [-0.2, -0.15) is 0 Å². The Morgan fingerprint density at radius 1 is 1.05 bits per heavy atom. The molecule has 1 aromatic heterocycles. The summed E-state index contributed by atoms with van der Waals surface area (Å²) in [4.78, 5) is 52.0. The van der Waals surface area contributed by atoms with Gasteiger partial charge in [0, 0.05) is 17.2 Å². The Morgan fingerprint density at radius 3 is 2.44 bits per heavy atom. The summed E-state index contributed by atoms with van der Waals surface area (Å²) in [5, 5.41) is 9.67. The second-order valence-corrected chi connectivity index (χ2v) is 10.4. The summed E-state index contributed by atoms with van der Waals surface area (Å²) in [7, 11) is 0. The van der Waals surface area contributed by atoms with Crippen LogP contribution in [0.5, 0.6) is 0 Å². The van der Waals surface area contributed by atoms with Gasteiger partial charge in [-0.05, 0) is 61.6 Å². The number of benzene rings is 2. The van der Waals surface area contributed by atoms with Gasteiger partial charge in [0.2, 0.25) is 5.91 Å². The Hall–Kier alpha value is -4.08. The smallest absolute Gasteiger partial charge is 0.349 e. The number of Topliss-reactive ketones (excluding diaryl/α,β-unsaturated/α-hetero) is 1. The number of ketones is 1. The fourth-order valence-electron chi connectivity index (χ4n) is 4.96. The van der Waals surface area contributed by atoms with E-state index in [2.05, 4.69) is 15.8 Å². The zero-order valence-electron chi connectivity index (χ0n) is 22.1. The van der Waals surface area contributed by atoms with E-state index >= 15 is 0 Å². The van der Waals surface area contributed by atoms with Gasteiger partial charge < -0.3 is 10.6 Å². The van der Waals surface area contributed by atoms with E-state index in [1.807, 2.05) is 19.9 Å². The zero-order valence-corrected chi connectivity index (χ0v) is 22.1. The molecule has 9 nitrogen and oxygen atoms in total. The minimum atomic E-state index is -0.854. The molecule has 1 heterocycles. The van der Waals surface area contributed by atoms with Crippen LogP contribution in [-0.2, 0) is 16.1 Å². The van der Waals surface area contributed by atoms with Crippen molar-refractivity contribution in [2.45, 2.75) is 64.6 Å². The third-order valence-electron chi connectivity index (χ3n) is 6.97. The van der Waals surface area contributed by atoms with Crippen LogP contribution in [0, 0.1) is 17.7 Å². The summed E-state index contributed by atoms with van der Waals surface area (Å²) in [6.45, 7) is 3.50. The van der Waals surface area contributed by atoms with Crippen LogP contribution in [0.25, 0.3) is 11.4 Å². The molecule has 2 amide bonds. The summed E-state index contributed by atoms with van der Waals surface area (Å²) in [5.74, 6) is -2.51. The van der Waals surface area contributed by atoms with Gasteiger partial charge in [0.05, 0.1) is 18.5 Å². The number of amides is 2. The number of aromatic nitrogens is 2. The maximum atomic E-state index is 13.5. The average Bonchev–Trinajstić information content (AvgIpc) is 3.28. The van der Waals surface area contributed by atoms with Crippen molar-refractivity contribution < 1.29 is 23.3 Å². The van der Waals surface area contributed by atoms with E-state index in [-0.39, 0.29) is 41.9 Å². The van der Waals surface area contributed by atoms with Gasteiger partial charge in [0.15, 0.2) is 11.6 Å². The Balaban J connectivity index is 1.49. The number of nitrogens with one attached hydrogen (secondary N) is 2. The minimum Gasteiger partial charge on any atom is -0.349 e. The quantitative estimate of drug-likeness (QED) is 0.407. The van der Waals surface area contributed by atoms with Crippen LogP contribution >= 0.6 is 0 Å². The predicted molar refractivity (Wildman–Crippen MR) is 142 cm³/mol. The summed E-state index contributed by atoms with van der Waals surface area (Å²) in [5.41, 5.74) is 0.935. The van der Waals surface area contributed by atoms with Crippen LogP contribution in [-0.4, -0.2) is 39.4 Å². The number of carbonyl (C=O) groups is 3. The van der Waals surface area contributed by atoms with Crippen molar-refractivity contribution in [3.63, 3.8) is 0 Å². The zero-order chi connectivity index (χ0) is 27.9. The van der Waals surface area contributed by atoms with Gasteiger partial charge in [0.1, 0.15) is 5.82 Å². The molecule has 1 aliphatic rings. The van der Waals surface area contributed by atoms with Crippen molar-refractivity contribution in [1.29, 1.82) is 0 Å². The molecule has 0 radical (unpaired) electrons. The molecule has 0 aliphatic heterocycles. The monoisotopic (exact) mass is 536 g/mol. The van der Waals surface area contributed by atoms with E-state index in [4.69, 9.17) is 4.52 Å². The first kappa shape index (κ1) is 27.9.